The zero-order valence-electron chi connectivity index (χ0n) is 18.0. The maximum atomic E-state index is 13.4. The number of nitrogens with one attached hydrogen (secondary N) is 1. The number of fused-ring (bicyclic) bond motifs is 1. The van der Waals surface area contributed by atoms with E-state index in [0.717, 1.165) is 16.8 Å². The van der Waals surface area contributed by atoms with Crippen LogP contribution in [0.15, 0.2) is 47.4 Å². The second kappa shape index (κ2) is 8.84. The van der Waals surface area contributed by atoms with Crippen molar-refractivity contribution < 1.29 is 18.0 Å². The number of benzene rings is 2. The minimum Gasteiger partial charge on any atom is -0.351 e. The fraction of sp³-hybridized carbons (Fsp3) is 0.391. The van der Waals surface area contributed by atoms with Crippen LogP contribution in [0.2, 0.25) is 5.02 Å². The molecule has 0 spiro atoms. The molecule has 0 unspecified atom stereocenters. The fourth-order valence-electron chi connectivity index (χ4n) is 4.58. The third-order valence-corrected chi connectivity index (χ3v) is 8.25. The average molecular weight is 476 g/mol. The average Bonchev–Trinajstić information content (AvgIpc) is 3.37. The first-order valence-corrected chi connectivity index (χ1v) is 12.5. The van der Waals surface area contributed by atoms with E-state index in [-0.39, 0.29) is 22.8 Å². The van der Waals surface area contributed by atoms with Crippen LogP contribution in [0.3, 0.4) is 0 Å². The highest BCUT2D eigenvalue weighted by Gasteiger charge is 2.40. The molecule has 2 aliphatic heterocycles. The Morgan fingerprint density at radius 3 is 2.56 bits per heavy atom. The minimum absolute atomic E-state index is 0.0152. The predicted octanol–water partition coefficient (Wildman–Crippen LogP) is 3.11. The van der Waals surface area contributed by atoms with E-state index in [2.05, 4.69) is 5.32 Å². The van der Waals surface area contributed by atoms with Crippen LogP contribution in [0.1, 0.15) is 37.8 Å². The van der Waals surface area contributed by atoms with Gasteiger partial charge in [-0.05, 0) is 67.6 Å². The first-order chi connectivity index (χ1) is 15.2. The highest BCUT2D eigenvalue weighted by molar-refractivity contribution is 7.89. The molecule has 2 aromatic rings. The number of rotatable bonds is 5. The van der Waals surface area contributed by atoms with Gasteiger partial charge in [-0.3, -0.25) is 9.59 Å². The molecule has 32 heavy (non-hydrogen) atoms. The molecule has 0 aliphatic carbocycles. The summed E-state index contributed by atoms with van der Waals surface area (Å²) in [6.45, 7) is 4.05. The van der Waals surface area contributed by atoms with Crippen LogP contribution in [-0.4, -0.2) is 43.2 Å². The molecule has 9 heteroatoms. The number of sulfonamides is 1. The van der Waals surface area contributed by atoms with Gasteiger partial charge in [-0.25, -0.2) is 8.42 Å². The number of halogens is 1. The van der Waals surface area contributed by atoms with E-state index in [9.17, 15) is 18.0 Å². The van der Waals surface area contributed by atoms with Crippen molar-refractivity contribution in [2.75, 3.05) is 11.4 Å². The van der Waals surface area contributed by atoms with Crippen LogP contribution in [0.4, 0.5) is 5.69 Å². The van der Waals surface area contributed by atoms with E-state index in [1.54, 1.807) is 29.2 Å². The molecular formula is C23H26ClN3O4S. The van der Waals surface area contributed by atoms with Crippen molar-refractivity contribution in [1.29, 1.82) is 0 Å². The number of hydrogen-bond acceptors (Lipinski definition) is 4. The predicted molar refractivity (Wildman–Crippen MR) is 123 cm³/mol. The third-order valence-electron chi connectivity index (χ3n) is 6.10. The Hall–Kier alpha value is -2.42. The van der Waals surface area contributed by atoms with E-state index in [0.29, 0.717) is 37.4 Å². The zero-order valence-corrected chi connectivity index (χ0v) is 19.6. The summed E-state index contributed by atoms with van der Waals surface area (Å²) in [5.41, 5.74) is 2.47. The van der Waals surface area contributed by atoms with Gasteiger partial charge in [-0.2, -0.15) is 4.31 Å². The molecular weight excluding hydrogens is 450 g/mol. The van der Waals surface area contributed by atoms with Gasteiger partial charge in [0.25, 0.3) is 0 Å². The van der Waals surface area contributed by atoms with E-state index in [1.807, 2.05) is 19.1 Å². The van der Waals surface area contributed by atoms with Gasteiger partial charge in [0.1, 0.15) is 6.04 Å². The van der Waals surface area contributed by atoms with Crippen molar-refractivity contribution in [1.82, 2.24) is 9.62 Å². The van der Waals surface area contributed by atoms with Gasteiger partial charge in [0, 0.05) is 36.8 Å². The van der Waals surface area contributed by atoms with Gasteiger partial charge in [0.05, 0.1) is 4.90 Å². The van der Waals surface area contributed by atoms with Crippen molar-refractivity contribution in [2.24, 2.45) is 0 Å². The molecule has 0 bridgehead atoms. The summed E-state index contributed by atoms with van der Waals surface area (Å²) < 4.78 is 28.1. The molecule has 2 heterocycles. The molecule has 7 nitrogen and oxygen atoms in total. The van der Waals surface area contributed by atoms with Crippen LogP contribution < -0.4 is 10.2 Å². The molecule has 2 aliphatic rings. The molecule has 2 atom stereocenters. The Kier molecular flexibility index (Phi) is 6.29. The van der Waals surface area contributed by atoms with Gasteiger partial charge < -0.3 is 10.2 Å². The van der Waals surface area contributed by atoms with Crippen LogP contribution in [0.25, 0.3) is 0 Å². The minimum atomic E-state index is -3.85. The van der Waals surface area contributed by atoms with Crippen LogP contribution >= 0.6 is 11.6 Å². The van der Waals surface area contributed by atoms with E-state index < -0.39 is 16.1 Å². The van der Waals surface area contributed by atoms with Gasteiger partial charge in [0.2, 0.25) is 21.8 Å². The number of carbonyl (C=O) groups is 2. The topological polar surface area (TPSA) is 86.8 Å². The van der Waals surface area contributed by atoms with Gasteiger partial charge in [0.15, 0.2) is 0 Å². The quantitative estimate of drug-likeness (QED) is 0.719. The Morgan fingerprint density at radius 1 is 1.16 bits per heavy atom. The normalized spacial score (nSPS) is 20.9. The lowest BCUT2D eigenvalue weighted by molar-refractivity contribution is -0.124. The van der Waals surface area contributed by atoms with Crippen LogP contribution in [0.5, 0.6) is 0 Å². The molecule has 4 rings (SSSR count). The number of amides is 2. The standard InChI is InChI=1S/C23H26ClN3O4S/c1-15-12-18-13-20(9-10-21(18)27(15)16(2)28)32(30,31)26-11-3-4-22(26)23(29)25-14-17-5-7-19(24)8-6-17/h5-10,13,15,22H,3-4,11-12,14H2,1-2H3,(H,25,29)/t15-,22-/m0/s1. The van der Waals surface area contributed by atoms with Gasteiger partial charge in [-0.15, -0.1) is 0 Å². The summed E-state index contributed by atoms with van der Waals surface area (Å²) in [7, 11) is -3.85. The number of hydrogen-bond donors (Lipinski definition) is 1. The number of carbonyl (C=O) groups excluding carboxylic acids is 2. The Bertz CT molecular complexity index is 1150. The summed E-state index contributed by atoms with van der Waals surface area (Å²) in [6, 6.07) is 11.2. The summed E-state index contributed by atoms with van der Waals surface area (Å²) >= 11 is 5.89. The smallest absolute Gasteiger partial charge is 0.243 e. The fourth-order valence-corrected chi connectivity index (χ4v) is 6.42. The Morgan fingerprint density at radius 2 is 1.88 bits per heavy atom. The highest BCUT2D eigenvalue weighted by atomic mass is 35.5. The molecule has 2 aromatic carbocycles. The third kappa shape index (κ3) is 4.27. The second-order valence-electron chi connectivity index (χ2n) is 8.35. The SMILES string of the molecule is CC(=O)N1c2ccc(S(=O)(=O)N3CCC[C@H]3C(=O)NCc3ccc(Cl)cc3)cc2C[C@@H]1C. The van der Waals surface area contributed by atoms with Crippen molar-refractivity contribution in [2.45, 2.75) is 56.6 Å². The number of nitrogens with zero attached hydrogens (tertiary/aromatic N) is 2. The van der Waals surface area contributed by atoms with Gasteiger partial charge >= 0.3 is 0 Å². The van der Waals surface area contributed by atoms with Crippen molar-refractivity contribution in [3.05, 3.63) is 58.6 Å². The molecule has 1 N–H and O–H groups in total. The van der Waals surface area contributed by atoms with Gasteiger partial charge in [-0.1, -0.05) is 23.7 Å². The lowest BCUT2D eigenvalue weighted by Gasteiger charge is -2.24. The molecule has 1 fully saturated rings. The van der Waals surface area contributed by atoms with Crippen LogP contribution in [0, 0.1) is 0 Å². The monoisotopic (exact) mass is 475 g/mol. The lowest BCUT2D eigenvalue weighted by atomic mass is 10.1. The molecule has 0 aromatic heterocycles. The maximum Gasteiger partial charge on any atom is 0.243 e. The molecule has 170 valence electrons. The molecule has 2 amide bonds. The van der Waals surface area contributed by atoms with Crippen molar-refractivity contribution >= 4 is 39.1 Å². The summed E-state index contributed by atoms with van der Waals surface area (Å²) in [5, 5.41) is 3.46. The largest absolute Gasteiger partial charge is 0.351 e. The van der Waals surface area contributed by atoms with E-state index in [4.69, 9.17) is 11.6 Å². The molecule has 1 saturated heterocycles. The highest BCUT2D eigenvalue weighted by Crippen LogP contribution is 2.35. The zero-order chi connectivity index (χ0) is 23.0. The van der Waals surface area contributed by atoms with E-state index in [1.165, 1.54) is 17.3 Å². The molecule has 0 saturated carbocycles. The van der Waals surface area contributed by atoms with Crippen molar-refractivity contribution in [3.8, 4) is 0 Å². The first kappa shape index (κ1) is 22.8. The summed E-state index contributed by atoms with van der Waals surface area (Å²) in [4.78, 5) is 26.6. The Labute approximate surface area is 193 Å². The van der Waals surface area contributed by atoms with E-state index >= 15 is 0 Å². The number of anilines is 1. The summed E-state index contributed by atoms with van der Waals surface area (Å²) in [5.74, 6) is -0.373. The molecule has 0 radical (unpaired) electrons. The lowest BCUT2D eigenvalue weighted by Crippen LogP contribution is -2.45. The summed E-state index contributed by atoms with van der Waals surface area (Å²) in [6.07, 6.45) is 1.70. The maximum absolute atomic E-state index is 13.4. The first-order valence-electron chi connectivity index (χ1n) is 10.6. The Balaban J connectivity index is 1.52. The van der Waals surface area contributed by atoms with Crippen LogP contribution in [-0.2, 0) is 32.6 Å². The second-order valence-corrected chi connectivity index (χ2v) is 10.7. The van der Waals surface area contributed by atoms with Crippen molar-refractivity contribution in [3.63, 3.8) is 0 Å².